The minimum absolute atomic E-state index is 0.171. The van der Waals surface area contributed by atoms with Crippen LogP contribution in [-0.2, 0) is 9.59 Å². The molecule has 0 amide bonds. The van der Waals surface area contributed by atoms with Crippen LogP contribution in [0.2, 0.25) is 0 Å². The normalized spacial score (nSPS) is 30.9. The third-order valence-corrected chi connectivity index (χ3v) is 3.27. The van der Waals surface area contributed by atoms with Gasteiger partial charge >= 0.3 is 0 Å². The van der Waals surface area contributed by atoms with Crippen molar-refractivity contribution in [1.29, 1.82) is 0 Å². The molecule has 0 aromatic rings. The Balaban J connectivity index is 0.000000292. The minimum atomic E-state index is -0.171. The fraction of sp³-hybridized carbons (Fsp3) is 0.800. The maximum absolute atomic E-state index is 11.0. The van der Waals surface area contributed by atoms with E-state index < -0.39 is 0 Å². The van der Waals surface area contributed by atoms with Gasteiger partial charge < -0.3 is 5.73 Å². The number of Topliss-reactive ketones (excluding diaryl/α,β-unsaturated/α-hetero) is 2. The quantitative estimate of drug-likeness (QED) is 0.730. The predicted molar refractivity (Wildman–Crippen MR) is 60.4 cm³/mol. The van der Waals surface area contributed by atoms with Gasteiger partial charge in [-0.25, -0.2) is 0 Å². The largest absolute Gasteiger partial charge is 0.321 e. The summed E-state index contributed by atoms with van der Waals surface area (Å²) in [4.78, 5) is 20.8. The van der Waals surface area contributed by atoms with Gasteiger partial charge in [0, 0.05) is 5.92 Å². The summed E-state index contributed by atoms with van der Waals surface area (Å²) in [6.45, 7) is 5.57. The van der Waals surface area contributed by atoms with E-state index in [0.29, 0.717) is 11.2 Å². The number of ketones is 2. The Morgan fingerprint density at radius 2 is 2.00 bits per heavy atom. The maximum atomic E-state index is 11.0. The second kappa shape index (κ2) is 6.30. The number of alkyl halides is 1. The third-order valence-electron chi connectivity index (χ3n) is 2.48. The summed E-state index contributed by atoms with van der Waals surface area (Å²) in [6.07, 6.45) is 0.875. The Morgan fingerprint density at radius 1 is 1.57 bits per heavy atom. The lowest BCUT2D eigenvalue weighted by Crippen LogP contribution is -2.26. The molecule has 82 valence electrons. The van der Waals surface area contributed by atoms with Gasteiger partial charge in [-0.3, -0.25) is 9.59 Å². The van der Waals surface area contributed by atoms with Crippen LogP contribution in [0.25, 0.3) is 0 Å². The van der Waals surface area contributed by atoms with E-state index in [1.165, 1.54) is 6.92 Å². The van der Waals surface area contributed by atoms with E-state index >= 15 is 0 Å². The summed E-state index contributed by atoms with van der Waals surface area (Å²) in [5, 5.41) is 0.479. The Bertz CT molecular complexity index is 218. The highest BCUT2D eigenvalue weighted by atomic mass is 79.9. The molecule has 2 N–H and O–H groups in total. The molecule has 3 nitrogen and oxygen atoms in total. The first-order valence-corrected chi connectivity index (χ1v) is 5.87. The van der Waals surface area contributed by atoms with Gasteiger partial charge in [-0.15, -0.1) is 0 Å². The van der Waals surface area contributed by atoms with Crippen molar-refractivity contribution in [3.63, 3.8) is 0 Å². The van der Waals surface area contributed by atoms with Crippen LogP contribution in [-0.4, -0.2) is 22.9 Å². The molecule has 3 atom stereocenters. The second-order valence-corrected chi connectivity index (χ2v) is 4.41. The van der Waals surface area contributed by atoms with Gasteiger partial charge in [-0.05, 0) is 19.3 Å². The molecule has 0 saturated heterocycles. The van der Waals surface area contributed by atoms with Crippen LogP contribution in [0.3, 0.4) is 0 Å². The highest BCUT2D eigenvalue weighted by Crippen LogP contribution is 2.26. The van der Waals surface area contributed by atoms with Crippen LogP contribution in [0.4, 0.5) is 0 Å². The van der Waals surface area contributed by atoms with Crippen molar-refractivity contribution in [2.45, 2.75) is 33.2 Å². The van der Waals surface area contributed by atoms with Crippen molar-refractivity contribution in [3.05, 3.63) is 0 Å². The average Bonchev–Trinajstić information content (AvgIpc) is 2.34. The molecule has 0 aromatic carbocycles. The van der Waals surface area contributed by atoms with Gasteiger partial charge in [0.15, 0.2) is 5.78 Å². The van der Waals surface area contributed by atoms with Gasteiger partial charge in [0.1, 0.15) is 5.78 Å². The summed E-state index contributed by atoms with van der Waals surface area (Å²) in [7, 11) is 0. The van der Waals surface area contributed by atoms with E-state index in [-0.39, 0.29) is 23.5 Å². The molecule has 14 heavy (non-hydrogen) atoms. The van der Waals surface area contributed by atoms with Crippen LogP contribution < -0.4 is 5.73 Å². The number of hydrogen-bond acceptors (Lipinski definition) is 3. The smallest absolute Gasteiger partial charge is 0.152 e. The Kier molecular flexibility index (Phi) is 6.20. The molecule has 1 saturated carbocycles. The molecule has 1 aliphatic rings. The first-order valence-electron chi connectivity index (χ1n) is 4.74. The molecule has 4 heteroatoms. The van der Waals surface area contributed by atoms with E-state index in [1.807, 2.05) is 6.92 Å². The van der Waals surface area contributed by atoms with Gasteiger partial charge in [0.2, 0.25) is 0 Å². The first-order chi connectivity index (χ1) is 6.40. The molecule has 1 aliphatic carbocycles. The van der Waals surface area contributed by atoms with Crippen LogP contribution in [0.15, 0.2) is 0 Å². The monoisotopic (exact) mass is 263 g/mol. The van der Waals surface area contributed by atoms with Crippen molar-refractivity contribution in [3.8, 4) is 0 Å². The van der Waals surface area contributed by atoms with E-state index in [0.717, 1.165) is 6.42 Å². The molecule has 0 spiro atoms. The van der Waals surface area contributed by atoms with Crippen molar-refractivity contribution in [2.75, 3.05) is 5.33 Å². The van der Waals surface area contributed by atoms with E-state index in [1.54, 1.807) is 0 Å². The number of carbonyl (C=O) groups is 2. The Labute approximate surface area is 93.6 Å². The van der Waals surface area contributed by atoms with Crippen LogP contribution in [0, 0.1) is 11.8 Å². The molecule has 0 aliphatic heterocycles. The lowest BCUT2D eigenvalue weighted by atomic mass is 10.0. The van der Waals surface area contributed by atoms with Gasteiger partial charge in [-0.2, -0.15) is 0 Å². The topological polar surface area (TPSA) is 60.2 Å². The third kappa shape index (κ3) is 4.33. The van der Waals surface area contributed by atoms with Crippen molar-refractivity contribution < 1.29 is 9.59 Å². The molecule has 0 bridgehead atoms. The second-order valence-electron chi connectivity index (χ2n) is 3.85. The maximum Gasteiger partial charge on any atom is 0.152 e. The van der Waals surface area contributed by atoms with E-state index in [9.17, 15) is 9.59 Å². The van der Waals surface area contributed by atoms with Crippen molar-refractivity contribution >= 4 is 27.5 Å². The zero-order valence-electron chi connectivity index (χ0n) is 8.92. The number of nitrogens with two attached hydrogens (primary N) is 1. The number of carbonyl (C=O) groups excluding carboxylic acids is 2. The fourth-order valence-electron chi connectivity index (χ4n) is 1.34. The summed E-state index contributed by atoms with van der Waals surface area (Å²) in [6, 6.07) is -0.171. The standard InChI is InChI=1S/C7H13NO.C3H5BrO/c1-4-3-6(8)7(9)5(4)2;1-3(5)2-4/h4-6H,3,8H2,1-2H3;2H2,1H3. The zero-order valence-corrected chi connectivity index (χ0v) is 10.5. The predicted octanol–water partition coefficient (Wildman–Crippen LogP) is 1.53. The molecular weight excluding hydrogens is 246 g/mol. The summed E-state index contributed by atoms with van der Waals surface area (Å²) in [5.41, 5.74) is 5.51. The van der Waals surface area contributed by atoms with Gasteiger partial charge in [0.05, 0.1) is 11.4 Å². The minimum Gasteiger partial charge on any atom is -0.321 e. The number of halogens is 1. The summed E-state index contributed by atoms with van der Waals surface area (Å²) in [5.74, 6) is 1.10. The zero-order chi connectivity index (χ0) is 11.3. The summed E-state index contributed by atoms with van der Waals surface area (Å²) < 4.78 is 0. The van der Waals surface area contributed by atoms with E-state index in [2.05, 4.69) is 22.9 Å². The van der Waals surface area contributed by atoms with Crippen LogP contribution in [0.1, 0.15) is 27.2 Å². The van der Waals surface area contributed by atoms with Gasteiger partial charge in [-0.1, -0.05) is 29.8 Å². The fourth-order valence-corrected chi connectivity index (χ4v) is 1.34. The Hall–Kier alpha value is -0.220. The average molecular weight is 264 g/mol. The van der Waals surface area contributed by atoms with Crippen LogP contribution in [0.5, 0.6) is 0 Å². The molecule has 0 radical (unpaired) electrons. The molecule has 0 heterocycles. The Morgan fingerprint density at radius 3 is 2.07 bits per heavy atom. The summed E-state index contributed by atoms with van der Waals surface area (Å²) >= 11 is 2.96. The lowest BCUT2D eigenvalue weighted by molar-refractivity contribution is -0.121. The highest BCUT2D eigenvalue weighted by Gasteiger charge is 2.33. The SMILES string of the molecule is CC(=O)CBr.CC1CC(N)C(=O)C1C. The molecule has 1 fully saturated rings. The van der Waals surface area contributed by atoms with Crippen LogP contribution >= 0.6 is 15.9 Å². The highest BCUT2D eigenvalue weighted by molar-refractivity contribution is 9.09. The van der Waals surface area contributed by atoms with E-state index in [4.69, 9.17) is 5.73 Å². The molecule has 3 unspecified atom stereocenters. The molecule has 1 rings (SSSR count). The lowest BCUT2D eigenvalue weighted by Gasteiger charge is -2.03. The van der Waals surface area contributed by atoms with Crippen molar-refractivity contribution in [2.24, 2.45) is 17.6 Å². The number of hydrogen-bond donors (Lipinski definition) is 1. The molecular formula is C10H18BrNO2. The molecule has 0 aromatic heterocycles. The first kappa shape index (κ1) is 13.8. The van der Waals surface area contributed by atoms with Gasteiger partial charge in [0.25, 0.3) is 0 Å². The van der Waals surface area contributed by atoms with Crippen molar-refractivity contribution in [1.82, 2.24) is 0 Å². The number of rotatable bonds is 1.